The number of carbonyl (C=O) groups excluding carboxylic acids is 1. The van der Waals surface area contributed by atoms with Crippen LogP contribution < -0.4 is 10.2 Å². The van der Waals surface area contributed by atoms with Crippen molar-refractivity contribution in [3.8, 4) is 0 Å². The number of aromatic amines is 1. The Hall–Kier alpha value is -4.06. The van der Waals surface area contributed by atoms with Gasteiger partial charge in [0.2, 0.25) is 0 Å². The second-order valence-electron chi connectivity index (χ2n) is 8.15. The predicted molar refractivity (Wildman–Crippen MR) is 128 cm³/mol. The van der Waals surface area contributed by atoms with Crippen LogP contribution in [0.1, 0.15) is 27.4 Å². The summed E-state index contributed by atoms with van der Waals surface area (Å²) < 4.78 is 1.85. The van der Waals surface area contributed by atoms with Gasteiger partial charge in [0.25, 0.3) is 5.91 Å². The fraction of sp³-hybridized carbons (Fsp3) is 0.154. The number of anilines is 1. The van der Waals surface area contributed by atoms with Gasteiger partial charge in [-0.1, -0.05) is 30.3 Å². The summed E-state index contributed by atoms with van der Waals surface area (Å²) in [6, 6.07) is 20.5. The van der Waals surface area contributed by atoms with Gasteiger partial charge in [0.15, 0.2) is 0 Å². The highest BCUT2D eigenvalue weighted by atomic mass is 16.1. The first-order valence-electron chi connectivity index (χ1n) is 10.6. The lowest BCUT2D eigenvalue weighted by molar-refractivity contribution is 0.0952. The average molecular weight is 424 g/mol. The third-order valence-electron chi connectivity index (χ3n) is 5.93. The maximum absolute atomic E-state index is 13.0. The Kier molecular flexibility index (Phi) is 5.11. The molecule has 3 aromatic heterocycles. The smallest absolute Gasteiger partial charge is 0.252 e. The zero-order valence-corrected chi connectivity index (χ0v) is 18.1. The maximum Gasteiger partial charge on any atom is 0.252 e. The number of hydrogen-bond acceptors (Lipinski definition) is 3. The standard InChI is InChI=1S/C26H25N5O/c1-30(2)20-10-7-18(8-11-20)22(23-16-28-24-6-4-3-5-21(23)24)15-29-26(32)19-9-12-25-27-13-14-31(25)17-19/h3-14,16-17,22,28H,15H2,1-2H3,(H,29,32). The average Bonchev–Trinajstić information content (AvgIpc) is 3.46. The van der Waals surface area contributed by atoms with Crippen LogP contribution in [0.2, 0.25) is 0 Å². The molecule has 0 aliphatic rings. The zero-order chi connectivity index (χ0) is 22.1. The number of amides is 1. The van der Waals surface area contributed by atoms with Crippen LogP contribution >= 0.6 is 0 Å². The molecule has 2 aromatic carbocycles. The van der Waals surface area contributed by atoms with Gasteiger partial charge in [-0.25, -0.2) is 4.98 Å². The largest absolute Gasteiger partial charge is 0.378 e. The molecule has 1 atom stereocenters. The zero-order valence-electron chi connectivity index (χ0n) is 18.1. The van der Waals surface area contributed by atoms with E-state index in [1.807, 2.05) is 55.2 Å². The summed E-state index contributed by atoms with van der Waals surface area (Å²) in [5, 5.41) is 4.32. The number of rotatable bonds is 6. The fourth-order valence-electron chi connectivity index (χ4n) is 4.15. The minimum absolute atomic E-state index is 0.0169. The van der Waals surface area contributed by atoms with Gasteiger partial charge < -0.3 is 19.6 Å². The molecule has 0 aliphatic heterocycles. The molecule has 5 rings (SSSR count). The second kappa shape index (κ2) is 8.23. The molecule has 6 nitrogen and oxygen atoms in total. The fourth-order valence-corrected chi connectivity index (χ4v) is 4.15. The van der Waals surface area contributed by atoms with Crippen molar-refractivity contribution in [1.29, 1.82) is 0 Å². The van der Waals surface area contributed by atoms with Crippen LogP contribution in [0.25, 0.3) is 16.6 Å². The molecule has 1 unspecified atom stereocenters. The molecule has 0 saturated carbocycles. The quantitative estimate of drug-likeness (QED) is 0.424. The third kappa shape index (κ3) is 3.71. The van der Waals surface area contributed by atoms with Gasteiger partial charge in [-0.2, -0.15) is 0 Å². The number of imidazole rings is 1. The number of nitrogens with one attached hydrogen (secondary N) is 2. The van der Waals surface area contributed by atoms with E-state index in [1.54, 1.807) is 6.20 Å². The molecule has 32 heavy (non-hydrogen) atoms. The van der Waals surface area contributed by atoms with E-state index in [9.17, 15) is 4.79 Å². The van der Waals surface area contributed by atoms with Gasteiger partial charge >= 0.3 is 0 Å². The number of aromatic nitrogens is 3. The van der Waals surface area contributed by atoms with Gasteiger partial charge in [-0.15, -0.1) is 0 Å². The van der Waals surface area contributed by atoms with Crippen LogP contribution in [0.3, 0.4) is 0 Å². The molecule has 2 N–H and O–H groups in total. The molecule has 0 bridgehead atoms. The highest BCUT2D eigenvalue weighted by molar-refractivity contribution is 5.94. The van der Waals surface area contributed by atoms with Gasteiger partial charge in [-0.05, 0) is 41.5 Å². The molecule has 3 heterocycles. The van der Waals surface area contributed by atoms with Crippen molar-refractivity contribution < 1.29 is 4.79 Å². The number of H-pyrrole nitrogens is 1. The molecule has 6 heteroatoms. The minimum Gasteiger partial charge on any atom is -0.378 e. The molecule has 0 aliphatic carbocycles. The number of benzene rings is 2. The summed E-state index contributed by atoms with van der Waals surface area (Å²) in [5.74, 6) is -0.0846. The molecule has 0 fully saturated rings. The topological polar surface area (TPSA) is 65.4 Å². The Morgan fingerprint density at radius 1 is 1.09 bits per heavy atom. The number of para-hydroxylation sites is 1. The van der Waals surface area contributed by atoms with E-state index in [0.717, 1.165) is 22.4 Å². The summed E-state index contributed by atoms with van der Waals surface area (Å²) >= 11 is 0. The van der Waals surface area contributed by atoms with E-state index in [-0.39, 0.29) is 11.8 Å². The maximum atomic E-state index is 13.0. The Morgan fingerprint density at radius 3 is 2.72 bits per heavy atom. The molecule has 0 saturated heterocycles. The van der Waals surface area contributed by atoms with Crippen LogP contribution in [-0.2, 0) is 0 Å². The second-order valence-corrected chi connectivity index (χ2v) is 8.15. The molecular formula is C26H25N5O. The van der Waals surface area contributed by atoms with Crippen molar-refractivity contribution in [2.75, 3.05) is 25.5 Å². The van der Waals surface area contributed by atoms with Crippen LogP contribution in [0, 0.1) is 0 Å². The van der Waals surface area contributed by atoms with Crippen molar-refractivity contribution >= 4 is 28.1 Å². The lowest BCUT2D eigenvalue weighted by Crippen LogP contribution is -2.29. The van der Waals surface area contributed by atoms with Gasteiger partial charge in [0, 0.05) is 67.9 Å². The van der Waals surface area contributed by atoms with Crippen LogP contribution in [0.15, 0.2) is 85.5 Å². The van der Waals surface area contributed by atoms with Crippen molar-refractivity contribution in [3.63, 3.8) is 0 Å². The molecule has 160 valence electrons. The van der Waals surface area contributed by atoms with Crippen molar-refractivity contribution in [2.45, 2.75) is 5.92 Å². The van der Waals surface area contributed by atoms with Gasteiger partial charge in [0.1, 0.15) is 5.65 Å². The normalized spacial score (nSPS) is 12.2. The van der Waals surface area contributed by atoms with Crippen molar-refractivity contribution in [2.24, 2.45) is 0 Å². The van der Waals surface area contributed by atoms with Crippen LogP contribution in [-0.4, -0.2) is 40.9 Å². The minimum atomic E-state index is -0.102. The van der Waals surface area contributed by atoms with Crippen molar-refractivity contribution in [3.05, 3.63) is 102 Å². The first-order valence-corrected chi connectivity index (χ1v) is 10.6. The lowest BCUT2D eigenvalue weighted by Gasteiger charge is -2.20. The molecule has 5 aromatic rings. The van der Waals surface area contributed by atoms with Crippen LogP contribution in [0.4, 0.5) is 5.69 Å². The molecule has 0 spiro atoms. The van der Waals surface area contributed by atoms with Gasteiger partial charge in [-0.3, -0.25) is 4.79 Å². The van der Waals surface area contributed by atoms with Crippen LogP contribution in [0.5, 0.6) is 0 Å². The summed E-state index contributed by atoms with van der Waals surface area (Å²) in [5.41, 5.74) is 5.99. The van der Waals surface area contributed by atoms with Gasteiger partial charge in [0.05, 0.1) is 5.56 Å². The number of hydrogen-bond donors (Lipinski definition) is 2. The lowest BCUT2D eigenvalue weighted by atomic mass is 9.90. The van der Waals surface area contributed by atoms with E-state index >= 15 is 0 Å². The van der Waals surface area contributed by atoms with E-state index in [2.05, 4.69) is 62.8 Å². The molecule has 0 radical (unpaired) electrons. The summed E-state index contributed by atoms with van der Waals surface area (Å²) in [6.45, 7) is 0.490. The predicted octanol–water partition coefficient (Wildman–Crippen LogP) is 4.44. The summed E-state index contributed by atoms with van der Waals surface area (Å²) in [7, 11) is 4.06. The Bertz CT molecular complexity index is 1380. The number of fused-ring (bicyclic) bond motifs is 2. The number of pyridine rings is 1. The Balaban J connectivity index is 1.45. The molecule has 1 amide bonds. The Labute approximate surface area is 186 Å². The van der Waals surface area contributed by atoms with E-state index in [1.165, 1.54) is 10.9 Å². The third-order valence-corrected chi connectivity index (χ3v) is 5.93. The SMILES string of the molecule is CN(C)c1ccc(C(CNC(=O)c2ccc3nccn3c2)c2c[nH]c3ccccc23)cc1. The van der Waals surface area contributed by atoms with E-state index < -0.39 is 0 Å². The van der Waals surface area contributed by atoms with E-state index in [4.69, 9.17) is 0 Å². The summed E-state index contributed by atoms with van der Waals surface area (Å²) in [4.78, 5) is 22.7. The molecular weight excluding hydrogens is 398 g/mol. The monoisotopic (exact) mass is 423 g/mol. The summed E-state index contributed by atoms with van der Waals surface area (Å²) in [6.07, 6.45) is 7.43. The number of carbonyl (C=O) groups is 1. The first-order chi connectivity index (χ1) is 15.6. The number of nitrogens with zero attached hydrogens (tertiary/aromatic N) is 3. The Morgan fingerprint density at radius 2 is 1.91 bits per heavy atom. The van der Waals surface area contributed by atoms with Crippen molar-refractivity contribution in [1.82, 2.24) is 19.7 Å². The highest BCUT2D eigenvalue weighted by Crippen LogP contribution is 2.31. The highest BCUT2D eigenvalue weighted by Gasteiger charge is 2.20. The first kappa shape index (κ1) is 19.9. The van der Waals surface area contributed by atoms with E-state index in [0.29, 0.717) is 12.1 Å².